The van der Waals surface area contributed by atoms with E-state index in [0.29, 0.717) is 11.1 Å². The fourth-order valence-electron chi connectivity index (χ4n) is 2.75. The quantitative estimate of drug-likeness (QED) is 0.940. The molecule has 0 amide bonds. The lowest BCUT2D eigenvalue weighted by molar-refractivity contribution is 0.377. The summed E-state index contributed by atoms with van der Waals surface area (Å²) in [6, 6.07) is 7.83. The summed E-state index contributed by atoms with van der Waals surface area (Å²) >= 11 is 6.29. The van der Waals surface area contributed by atoms with Crippen molar-refractivity contribution in [2.24, 2.45) is 5.92 Å². The second-order valence-electron chi connectivity index (χ2n) is 5.40. The molecule has 0 spiro atoms. The van der Waals surface area contributed by atoms with Gasteiger partial charge in [-0.3, -0.25) is 0 Å². The van der Waals surface area contributed by atoms with Crippen molar-refractivity contribution in [3.63, 3.8) is 0 Å². The molecule has 0 radical (unpaired) electrons. The van der Waals surface area contributed by atoms with Crippen LogP contribution < -0.4 is 10.2 Å². The van der Waals surface area contributed by atoms with Crippen molar-refractivity contribution in [3.8, 4) is 0 Å². The molecule has 114 valence electrons. The Labute approximate surface area is 136 Å². The molecule has 0 atom stereocenters. The van der Waals surface area contributed by atoms with Gasteiger partial charge in [-0.1, -0.05) is 23.7 Å². The van der Waals surface area contributed by atoms with Gasteiger partial charge in [-0.15, -0.1) is 12.4 Å². The van der Waals surface area contributed by atoms with E-state index in [4.69, 9.17) is 11.6 Å². The number of hydrogen-bond acceptors (Lipinski definition) is 4. The van der Waals surface area contributed by atoms with E-state index in [0.717, 1.165) is 36.5 Å². The van der Waals surface area contributed by atoms with Gasteiger partial charge >= 0.3 is 0 Å². The number of piperidine rings is 1. The number of benzene rings is 1. The average Bonchev–Trinajstić information content (AvgIpc) is 2.47. The lowest BCUT2D eigenvalue weighted by Crippen LogP contribution is -2.35. The van der Waals surface area contributed by atoms with Crippen molar-refractivity contribution in [3.05, 3.63) is 29.4 Å². The van der Waals surface area contributed by atoms with Crippen LogP contribution in [0.25, 0.3) is 11.0 Å². The summed E-state index contributed by atoms with van der Waals surface area (Å²) in [4.78, 5) is 11.2. The molecule has 2 aromatic rings. The van der Waals surface area contributed by atoms with Crippen LogP contribution in [0.1, 0.15) is 12.8 Å². The van der Waals surface area contributed by atoms with E-state index in [9.17, 15) is 0 Å². The minimum Gasteiger partial charge on any atom is -0.357 e. The van der Waals surface area contributed by atoms with Gasteiger partial charge in [-0.05, 0) is 44.0 Å². The van der Waals surface area contributed by atoms with Crippen molar-refractivity contribution in [1.29, 1.82) is 0 Å². The molecule has 1 saturated heterocycles. The number of anilines is 1. The molecule has 1 N–H and O–H groups in total. The number of para-hydroxylation sites is 2. The Morgan fingerprint density at radius 3 is 2.48 bits per heavy atom. The van der Waals surface area contributed by atoms with Crippen LogP contribution in [0.15, 0.2) is 24.3 Å². The van der Waals surface area contributed by atoms with Crippen LogP contribution in [0.2, 0.25) is 5.15 Å². The van der Waals surface area contributed by atoms with Crippen molar-refractivity contribution in [1.82, 2.24) is 15.3 Å². The van der Waals surface area contributed by atoms with Crippen LogP contribution in [0, 0.1) is 5.92 Å². The highest BCUT2D eigenvalue weighted by atomic mass is 35.5. The normalized spacial score (nSPS) is 15.7. The van der Waals surface area contributed by atoms with Crippen molar-refractivity contribution < 1.29 is 0 Å². The highest BCUT2D eigenvalue weighted by molar-refractivity contribution is 6.32. The van der Waals surface area contributed by atoms with Gasteiger partial charge in [0.1, 0.15) is 0 Å². The Hall–Kier alpha value is -1.10. The third kappa shape index (κ3) is 3.76. The summed E-state index contributed by atoms with van der Waals surface area (Å²) in [6.07, 6.45) is 2.42. The first-order valence-electron chi connectivity index (χ1n) is 7.08. The molecule has 1 fully saturated rings. The Kier molecular flexibility index (Phi) is 5.62. The number of nitrogens with zero attached hydrogens (tertiary/aromatic N) is 3. The molecule has 4 nitrogen and oxygen atoms in total. The van der Waals surface area contributed by atoms with E-state index >= 15 is 0 Å². The Bertz CT molecular complexity index is 599. The molecule has 6 heteroatoms. The minimum atomic E-state index is 0. The fraction of sp³-hybridized carbons (Fsp3) is 0.467. The van der Waals surface area contributed by atoms with Gasteiger partial charge < -0.3 is 10.2 Å². The monoisotopic (exact) mass is 326 g/mol. The van der Waals surface area contributed by atoms with Crippen molar-refractivity contribution >= 4 is 40.9 Å². The lowest BCUT2D eigenvalue weighted by Gasteiger charge is -2.28. The largest absolute Gasteiger partial charge is 0.357 e. The second kappa shape index (κ2) is 7.25. The molecular formula is C15H20Cl2N4. The van der Waals surface area contributed by atoms with E-state index in [1.807, 2.05) is 31.3 Å². The zero-order chi connectivity index (χ0) is 13.9. The molecule has 1 aliphatic heterocycles. The zero-order valence-electron chi connectivity index (χ0n) is 12.1. The highest BCUT2D eigenvalue weighted by Gasteiger charge is 2.18. The minimum absolute atomic E-state index is 0. The Balaban J connectivity index is 0.00000161. The SMILES string of the molecule is CN(CC1CCNCC1)c1nc2ccccc2nc1Cl.Cl. The van der Waals surface area contributed by atoms with Gasteiger partial charge in [0.25, 0.3) is 0 Å². The van der Waals surface area contributed by atoms with E-state index < -0.39 is 0 Å². The third-order valence-electron chi connectivity index (χ3n) is 3.86. The molecule has 21 heavy (non-hydrogen) atoms. The summed E-state index contributed by atoms with van der Waals surface area (Å²) in [5, 5.41) is 3.88. The smallest absolute Gasteiger partial charge is 0.172 e. The number of fused-ring (bicyclic) bond motifs is 1. The van der Waals surface area contributed by atoms with Crippen LogP contribution in [0.4, 0.5) is 5.82 Å². The van der Waals surface area contributed by atoms with Gasteiger partial charge in [-0.25, -0.2) is 9.97 Å². The number of rotatable bonds is 3. The lowest BCUT2D eigenvalue weighted by atomic mass is 9.98. The first kappa shape index (κ1) is 16.3. The number of hydrogen-bond donors (Lipinski definition) is 1. The Morgan fingerprint density at radius 2 is 1.81 bits per heavy atom. The van der Waals surface area contributed by atoms with Crippen LogP contribution in [0.5, 0.6) is 0 Å². The van der Waals surface area contributed by atoms with Crippen LogP contribution in [0.3, 0.4) is 0 Å². The van der Waals surface area contributed by atoms with Crippen LogP contribution in [-0.4, -0.2) is 36.6 Å². The molecule has 0 unspecified atom stereocenters. The highest BCUT2D eigenvalue weighted by Crippen LogP contribution is 2.25. The standard InChI is InChI=1S/C15H19ClN4.ClH/c1-20(10-11-6-8-17-9-7-11)15-14(16)18-12-4-2-3-5-13(12)19-15;/h2-5,11,17H,6-10H2,1H3;1H. The summed E-state index contributed by atoms with van der Waals surface area (Å²) in [5.41, 5.74) is 1.74. The Morgan fingerprint density at radius 1 is 1.19 bits per heavy atom. The van der Waals surface area contributed by atoms with Crippen LogP contribution in [-0.2, 0) is 0 Å². The second-order valence-corrected chi connectivity index (χ2v) is 5.76. The number of aromatic nitrogens is 2. The summed E-state index contributed by atoms with van der Waals surface area (Å²) in [6.45, 7) is 3.19. The van der Waals surface area contributed by atoms with E-state index in [-0.39, 0.29) is 12.4 Å². The maximum atomic E-state index is 6.29. The molecule has 1 aromatic carbocycles. The molecule has 0 aliphatic carbocycles. The van der Waals surface area contributed by atoms with E-state index in [1.54, 1.807) is 0 Å². The van der Waals surface area contributed by atoms with Gasteiger partial charge in [0.15, 0.2) is 11.0 Å². The van der Waals surface area contributed by atoms with Gasteiger partial charge in [0, 0.05) is 13.6 Å². The van der Waals surface area contributed by atoms with E-state index in [2.05, 4.69) is 20.2 Å². The molecular weight excluding hydrogens is 307 g/mol. The molecule has 2 heterocycles. The first-order valence-corrected chi connectivity index (χ1v) is 7.46. The molecule has 1 aromatic heterocycles. The summed E-state index contributed by atoms with van der Waals surface area (Å²) in [5.74, 6) is 1.48. The van der Waals surface area contributed by atoms with Gasteiger partial charge in [-0.2, -0.15) is 0 Å². The van der Waals surface area contributed by atoms with Crippen molar-refractivity contribution in [2.75, 3.05) is 31.6 Å². The molecule has 1 aliphatic rings. The predicted octanol–water partition coefficient (Wildman–Crippen LogP) is 3.14. The van der Waals surface area contributed by atoms with Crippen molar-refractivity contribution in [2.45, 2.75) is 12.8 Å². The zero-order valence-corrected chi connectivity index (χ0v) is 13.6. The molecule has 0 bridgehead atoms. The topological polar surface area (TPSA) is 41.0 Å². The van der Waals surface area contributed by atoms with Crippen LogP contribution >= 0.6 is 24.0 Å². The van der Waals surface area contributed by atoms with Gasteiger partial charge in [0.2, 0.25) is 0 Å². The first-order chi connectivity index (χ1) is 9.74. The summed E-state index contributed by atoms with van der Waals surface area (Å²) in [7, 11) is 2.05. The number of nitrogens with one attached hydrogen (secondary N) is 1. The van der Waals surface area contributed by atoms with Gasteiger partial charge in [0.05, 0.1) is 11.0 Å². The summed E-state index contributed by atoms with van der Waals surface area (Å²) < 4.78 is 0. The predicted molar refractivity (Wildman–Crippen MR) is 90.7 cm³/mol. The third-order valence-corrected chi connectivity index (χ3v) is 4.12. The fourth-order valence-corrected chi connectivity index (χ4v) is 3.03. The average molecular weight is 327 g/mol. The maximum Gasteiger partial charge on any atom is 0.172 e. The number of halogens is 2. The molecule has 3 rings (SSSR count). The van der Waals surface area contributed by atoms with E-state index in [1.165, 1.54) is 12.8 Å². The maximum absolute atomic E-state index is 6.29. The molecule has 0 saturated carbocycles.